The molecule has 0 radical (unpaired) electrons. The van der Waals surface area contributed by atoms with Crippen molar-refractivity contribution in [3.8, 4) is 5.75 Å². The van der Waals surface area contributed by atoms with Crippen LogP contribution in [0.2, 0.25) is 5.02 Å². The van der Waals surface area contributed by atoms with Gasteiger partial charge in [0.1, 0.15) is 17.7 Å². The summed E-state index contributed by atoms with van der Waals surface area (Å²) < 4.78 is 5.91. The van der Waals surface area contributed by atoms with E-state index in [-0.39, 0.29) is 6.10 Å². The van der Waals surface area contributed by atoms with Crippen molar-refractivity contribution >= 4 is 23.4 Å². The van der Waals surface area contributed by atoms with Crippen LogP contribution in [0.4, 0.5) is 5.82 Å². The van der Waals surface area contributed by atoms with Crippen molar-refractivity contribution < 1.29 is 4.74 Å². The lowest BCUT2D eigenvalue weighted by Crippen LogP contribution is -2.45. The van der Waals surface area contributed by atoms with Gasteiger partial charge in [0.25, 0.3) is 0 Å². The molecule has 3 rings (SSSR count). The van der Waals surface area contributed by atoms with Crippen molar-refractivity contribution in [2.75, 3.05) is 51.7 Å². The molecule has 1 fully saturated rings. The molecule has 2 heterocycles. The van der Waals surface area contributed by atoms with Crippen LogP contribution in [0.15, 0.2) is 47.6 Å². The van der Waals surface area contributed by atoms with Gasteiger partial charge in [-0.15, -0.1) is 0 Å². The third-order valence-corrected chi connectivity index (χ3v) is 5.30. The Balaban J connectivity index is 1.50. The summed E-state index contributed by atoms with van der Waals surface area (Å²) in [7, 11) is 3.93. The van der Waals surface area contributed by atoms with Crippen molar-refractivity contribution in [1.82, 2.24) is 20.5 Å². The summed E-state index contributed by atoms with van der Waals surface area (Å²) >= 11 is 5.92. The highest BCUT2D eigenvalue weighted by Crippen LogP contribution is 2.19. The van der Waals surface area contributed by atoms with Gasteiger partial charge in [0, 0.05) is 56.6 Å². The SMILES string of the molecule is CN=C(NCc1cccnc1N1CCN(C)CC1)NCC(C)Oc1ccc(Cl)cc1. The lowest BCUT2D eigenvalue weighted by Gasteiger charge is -2.34. The molecule has 1 unspecified atom stereocenters. The van der Waals surface area contributed by atoms with E-state index in [2.05, 4.69) is 43.5 Å². The molecule has 0 aliphatic carbocycles. The van der Waals surface area contributed by atoms with Crippen LogP contribution >= 0.6 is 11.6 Å². The minimum atomic E-state index is -0.0241. The number of nitrogens with zero attached hydrogens (tertiary/aromatic N) is 4. The Kier molecular flexibility index (Phi) is 8.16. The third-order valence-electron chi connectivity index (χ3n) is 5.05. The summed E-state index contributed by atoms with van der Waals surface area (Å²) in [5, 5.41) is 7.41. The number of aromatic nitrogens is 1. The molecular formula is C22H31ClN6O. The Hall–Kier alpha value is -2.51. The second-order valence-electron chi connectivity index (χ2n) is 7.47. The van der Waals surface area contributed by atoms with E-state index < -0.39 is 0 Å². The van der Waals surface area contributed by atoms with Gasteiger partial charge >= 0.3 is 0 Å². The fraction of sp³-hybridized carbons (Fsp3) is 0.455. The van der Waals surface area contributed by atoms with Crippen LogP contribution in [0.3, 0.4) is 0 Å². The smallest absolute Gasteiger partial charge is 0.191 e. The number of hydrogen-bond acceptors (Lipinski definition) is 5. The highest BCUT2D eigenvalue weighted by Gasteiger charge is 2.18. The molecule has 0 amide bonds. The average molecular weight is 431 g/mol. The molecule has 7 nitrogen and oxygen atoms in total. The van der Waals surface area contributed by atoms with Crippen LogP contribution in [0.5, 0.6) is 5.75 Å². The number of guanidine groups is 1. The molecule has 1 aromatic heterocycles. The first-order chi connectivity index (χ1) is 14.5. The number of aliphatic imine (C=N–C) groups is 1. The molecule has 0 saturated carbocycles. The molecule has 162 valence electrons. The topological polar surface area (TPSA) is 65.0 Å². The molecule has 0 spiro atoms. The van der Waals surface area contributed by atoms with E-state index in [0.29, 0.717) is 18.1 Å². The highest BCUT2D eigenvalue weighted by molar-refractivity contribution is 6.30. The maximum absolute atomic E-state index is 5.92. The second kappa shape index (κ2) is 11.0. The van der Waals surface area contributed by atoms with Gasteiger partial charge in [0.2, 0.25) is 0 Å². The van der Waals surface area contributed by atoms with Crippen LogP contribution in [0, 0.1) is 0 Å². The van der Waals surface area contributed by atoms with Crippen LogP contribution in [-0.4, -0.2) is 68.8 Å². The van der Waals surface area contributed by atoms with Crippen molar-refractivity contribution in [3.05, 3.63) is 53.2 Å². The van der Waals surface area contributed by atoms with Crippen LogP contribution in [-0.2, 0) is 6.54 Å². The van der Waals surface area contributed by atoms with Crippen molar-refractivity contribution in [2.45, 2.75) is 19.6 Å². The Bertz CT molecular complexity index is 821. The lowest BCUT2D eigenvalue weighted by molar-refractivity contribution is 0.224. The Morgan fingerprint density at radius 2 is 1.90 bits per heavy atom. The largest absolute Gasteiger partial charge is 0.489 e. The number of halogens is 1. The minimum Gasteiger partial charge on any atom is -0.489 e. The molecule has 1 aliphatic heterocycles. The first kappa shape index (κ1) is 22.2. The first-order valence-corrected chi connectivity index (χ1v) is 10.7. The van der Waals surface area contributed by atoms with E-state index >= 15 is 0 Å². The minimum absolute atomic E-state index is 0.0241. The number of anilines is 1. The van der Waals surface area contributed by atoms with E-state index in [9.17, 15) is 0 Å². The number of hydrogen-bond donors (Lipinski definition) is 2. The lowest BCUT2D eigenvalue weighted by atomic mass is 10.2. The molecule has 30 heavy (non-hydrogen) atoms. The molecular weight excluding hydrogens is 400 g/mol. The zero-order chi connectivity index (χ0) is 21.3. The van der Waals surface area contributed by atoms with Gasteiger partial charge in [0.15, 0.2) is 5.96 Å². The summed E-state index contributed by atoms with van der Waals surface area (Å²) in [5.41, 5.74) is 1.16. The van der Waals surface area contributed by atoms with Gasteiger partial charge < -0.3 is 25.2 Å². The van der Waals surface area contributed by atoms with Crippen LogP contribution < -0.4 is 20.3 Å². The quantitative estimate of drug-likeness (QED) is 0.520. The summed E-state index contributed by atoms with van der Waals surface area (Å²) in [6, 6.07) is 11.5. The summed E-state index contributed by atoms with van der Waals surface area (Å²) in [6.07, 6.45) is 1.84. The molecule has 2 aromatic rings. The van der Waals surface area contributed by atoms with Gasteiger partial charge in [-0.25, -0.2) is 4.98 Å². The third kappa shape index (κ3) is 6.50. The molecule has 1 saturated heterocycles. The fourth-order valence-electron chi connectivity index (χ4n) is 3.30. The predicted molar refractivity (Wildman–Crippen MR) is 124 cm³/mol. The number of pyridine rings is 1. The summed E-state index contributed by atoms with van der Waals surface area (Å²) in [5.74, 6) is 2.58. The molecule has 1 atom stereocenters. The highest BCUT2D eigenvalue weighted by atomic mass is 35.5. The second-order valence-corrected chi connectivity index (χ2v) is 7.90. The molecule has 2 N–H and O–H groups in total. The summed E-state index contributed by atoms with van der Waals surface area (Å²) in [4.78, 5) is 13.7. The standard InChI is InChI=1S/C22H31ClN6O/c1-17(30-20-8-6-19(23)7-9-20)15-26-22(24-2)27-16-18-5-4-10-25-21(18)29-13-11-28(3)12-14-29/h4-10,17H,11-16H2,1-3H3,(H2,24,26,27). The van der Waals surface area contributed by atoms with E-state index in [1.807, 2.05) is 43.5 Å². The van der Waals surface area contributed by atoms with Gasteiger partial charge in [0.05, 0.1) is 6.54 Å². The number of ether oxygens (including phenoxy) is 1. The van der Waals surface area contributed by atoms with E-state index in [1.54, 1.807) is 7.05 Å². The van der Waals surface area contributed by atoms with Gasteiger partial charge in [-0.2, -0.15) is 0 Å². The van der Waals surface area contributed by atoms with Gasteiger partial charge in [-0.1, -0.05) is 17.7 Å². The van der Waals surface area contributed by atoms with E-state index in [0.717, 1.165) is 49.3 Å². The maximum Gasteiger partial charge on any atom is 0.191 e. The normalized spacial score (nSPS) is 16.3. The average Bonchev–Trinajstić information content (AvgIpc) is 2.76. The van der Waals surface area contributed by atoms with Crippen molar-refractivity contribution in [2.24, 2.45) is 4.99 Å². The van der Waals surface area contributed by atoms with E-state index in [1.165, 1.54) is 0 Å². The predicted octanol–water partition coefficient (Wildman–Crippen LogP) is 2.62. The fourth-order valence-corrected chi connectivity index (χ4v) is 3.42. The van der Waals surface area contributed by atoms with Gasteiger partial charge in [-0.3, -0.25) is 4.99 Å². The Morgan fingerprint density at radius 3 is 2.60 bits per heavy atom. The van der Waals surface area contributed by atoms with Crippen molar-refractivity contribution in [1.29, 1.82) is 0 Å². The summed E-state index contributed by atoms with van der Waals surface area (Å²) in [6.45, 7) is 7.39. The first-order valence-electron chi connectivity index (χ1n) is 10.3. The maximum atomic E-state index is 5.92. The number of nitrogens with one attached hydrogen (secondary N) is 2. The van der Waals surface area contributed by atoms with Crippen molar-refractivity contribution in [3.63, 3.8) is 0 Å². The Morgan fingerprint density at radius 1 is 1.17 bits per heavy atom. The zero-order valence-corrected chi connectivity index (χ0v) is 18.7. The van der Waals surface area contributed by atoms with E-state index in [4.69, 9.17) is 16.3 Å². The van der Waals surface area contributed by atoms with Crippen LogP contribution in [0.25, 0.3) is 0 Å². The Labute approximate surface area is 184 Å². The monoisotopic (exact) mass is 430 g/mol. The number of rotatable bonds is 7. The zero-order valence-electron chi connectivity index (χ0n) is 17.9. The van der Waals surface area contributed by atoms with Gasteiger partial charge in [-0.05, 0) is 44.3 Å². The molecule has 8 heteroatoms. The molecule has 1 aliphatic rings. The number of likely N-dealkylation sites (N-methyl/N-ethyl adjacent to an activating group) is 1. The molecule has 0 bridgehead atoms. The number of benzene rings is 1. The van der Waals surface area contributed by atoms with Crippen LogP contribution in [0.1, 0.15) is 12.5 Å². The number of piperazine rings is 1. The molecule has 1 aromatic carbocycles.